The van der Waals surface area contributed by atoms with Crippen LogP contribution in [0.3, 0.4) is 0 Å². The van der Waals surface area contributed by atoms with Gasteiger partial charge in [-0.3, -0.25) is 4.79 Å². The topological polar surface area (TPSA) is 90.4 Å². The molecule has 0 aliphatic heterocycles. The van der Waals surface area contributed by atoms with Crippen LogP contribution in [-0.2, 0) is 4.74 Å². The second-order valence-corrected chi connectivity index (χ2v) is 4.97. The third-order valence-corrected chi connectivity index (χ3v) is 3.12. The Balaban J connectivity index is 1.65. The predicted molar refractivity (Wildman–Crippen MR) is 75.8 cm³/mol. The van der Waals surface area contributed by atoms with Gasteiger partial charge in [0.25, 0.3) is 5.91 Å². The standard InChI is InChI=1S/C14H21N3O2/c15-11-4-5-12(13(16)8-11)14(18)17-6-1-7-19-9-10-2-3-10/h4-5,8,10H,1-3,6-7,9,15-16H2,(H,17,18). The third-order valence-electron chi connectivity index (χ3n) is 3.12. The van der Waals surface area contributed by atoms with Crippen LogP contribution in [-0.4, -0.2) is 25.7 Å². The quantitative estimate of drug-likeness (QED) is 0.512. The highest BCUT2D eigenvalue weighted by molar-refractivity contribution is 5.99. The number of hydrogen-bond donors (Lipinski definition) is 3. The van der Waals surface area contributed by atoms with Crippen molar-refractivity contribution in [2.75, 3.05) is 31.2 Å². The van der Waals surface area contributed by atoms with Crippen LogP contribution in [0.4, 0.5) is 11.4 Å². The second-order valence-electron chi connectivity index (χ2n) is 4.97. The van der Waals surface area contributed by atoms with E-state index in [1.54, 1.807) is 18.2 Å². The van der Waals surface area contributed by atoms with Gasteiger partial charge in [-0.05, 0) is 43.4 Å². The molecule has 19 heavy (non-hydrogen) atoms. The van der Waals surface area contributed by atoms with Gasteiger partial charge in [-0.25, -0.2) is 0 Å². The smallest absolute Gasteiger partial charge is 0.253 e. The van der Waals surface area contributed by atoms with Crippen molar-refractivity contribution in [1.82, 2.24) is 5.32 Å². The Bertz CT molecular complexity index is 444. The molecule has 0 radical (unpaired) electrons. The first-order valence-electron chi connectivity index (χ1n) is 6.68. The predicted octanol–water partition coefficient (Wildman–Crippen LogP) is 1.40. The van der Waals surface area contributed by atoms with Gasteiger partial charge in [0.2, 0.25) is 0 Å². The van der Waals surface area contributed by atoms with E-state index < -0.39 is 0 Å². The molecule has 1 saturated carbocycles. The maximum Gasteiger partial charge on any atom is 0.253 e. The SMILES string of the molecule is Nc1ccc(C(=O)NCCCOCC2CC2)c(N)c1. The van der Waals surface area contributed by atoms with Crippen LogP contribution in [0, 0.1) is 5.92 Å². The van der Waals surface area contributed by atoms with E-state index in [1.165, 1.54) is 12.8 Å². The molecule has 1 amide bonds. The van der Waals surface area contributed by atoms with Gasteiger partial charge in [0.1, 0.15) is 0 Å². The van der Waals surface area contributed by atoms with Gasteiger partial charge in [0, 0.05) is 31.1 Å². The fourth-order valence-corrected chi connectivity index (χ4v) is 1.79. The summed E-state index contributed by atoms with van der Waals surface area (Å²) in [5.41, 5.74) is 12.8. The Labute approximate surface area is 113 Å². The molecular formula is C14H21N3O2. The van der Waals surface area contributed by atoms with Crippen molar-refractivity contribution in [3.05, 3.63) is 23.8 Å². The van der Waals surface area contributed by atoms with Gasteiger partial charge in [0.05, 0.1) is 5.56 Å². The molecule has 0 spiro atoms. The van der Waals surface area contributed by atoms with Gasteiger partial charge in [0.15, 0.2) is 0 Å². The fourth-order valence-electron chi connectivity index (χ4n) is 1.79. The third kappa shape index (κ3) is 4.44. The highest BCUT2D eigenvalue weighted by Crippen LogP contribution is 2.28. The number of amides is 1. The largest absolute Gasteiger partial charge is 0.399 e. The van der Waals surface area contributed by atoms with E-state index in [9.17, 15) is 4.79 Å². The lowest BCUT2D eigenvalue weighted by molar-refractivity contribution is 0.0938. The number of benzene rings is 1. The number of carbonyl (C=O) groups excluding carboxylic acids is 1. The zero-order valence-electron chi connectivity index (χ0n) is 11.0. The molecular weight excluding hydrogens is 242 g/mol. The van der Waals surface area contributed by atoms with E-state index in [0.717, 1.165) is 18.9 Å². The van der Waals surface area contributed by atoms with Crippen molar-refractivity contribution in [1.29, 1.82) is 0 Å². The normalized spacial score (nSPS) is 14.3. The summed E-state index contributed by atoms with van der Waals surface area (Å²) >= 11 is 0. The molecule has 1 aliphatic rings. The van der Waals surface area contributed by atoms with Crippen LogP contribution in [0.15, 0.2) is 18.2 Å². The number of nitrogens with one attached hydrogen (secondary N) is 1. The number of anilines is 2. The lowest BCUT2D eigenvalue weighted by atomic mass is 10.1. The van der Waals surface area contributed by atoms with Gasteiger partial charge >= 0.3 is 0 Å². The number of nitrogens with two attached hydrogens (primary N) is 2. The summed E-state index contributed by atoms with van der Waals surface area (Å²) < 4.78 is 5.49. The monoisotopic (exact) mass is 263 g/mol. The van der Waals surface area contributed by atoms with Gasteiger partial charge < -0.3 is 21.5 Å². The summed E-state index contributed by atoms with van der Waals surface area (Å²) in [5, 5.41) is 2.82. The van der Waals surface area contributed by atoms with Gasteiger partial charge in [-0.15, -0.1) is 0 Å². The van der Waals surface area contributed by atoms with Gasteiger partial charge in [-0.1, -0.05) is 0 Å². The first-order chi connectivity index (χ1) is 9.16. The molecule has 104 valence electrons. The Morgan fingerprint density at radius 3 is 2.84 bits per heavy atom. The number of ether oxygens (including phenoxy) is 1. The van der Waals surface area contributed by atoms with E-state index in [2.05, 4.69) is 5.32 Å². The van der Waals surface area contributed by atoms with Crippen LogP contribution in [0.25, 0.3) is 0 Å². The molecule has 1 aromatic rings. The summed E-state index contributed by atoms with van der Waals surface area (Å²) in [6.07, 6.45) is 3.41. The Hall–Kier alpha value is -1.75. The minimum Gasteiger partial charge on any atom is -0.399 e. The molecule has 5 heteroatoms. The maximum atomic E-state index is 11.9. The minimum atomic E-state index is -0.167. The summed E-state index contributed by atoms with van der Waals surface area (Å²) in [4.78, 5) is 11.9. The summed E-state index contributed by atoms with van der Waals surface area (Å²) in [6.45, 7) is 2.14. The summed E-state index contributed by atoms with van der Waals surface area (Å²) in [7, 11) is 0. The van der Waals surface area contributed by atoms with E-state index in [0.29, 0.717) is 30.1 Å². The zero-order valence-corrected chi connectivity index (χ0v) is 11.0. The first-order valence-corrected chi connectivity index (χ1v) is 6.68. The minimum absolute atomic E-state index is 0.167. The van der Waals surface area contributed by atoms with Crippen molar-refractivity contribution in [2.45, 2.75) is 19.3 Å². The first kappa shape index (κ1) is 13.7. The molecule has 0 aromatic heterocycles. The van der Waals surface area contributed by atoms with Crippen molar-refractivity contribution >= 4 is 17.3 Å². The maximum absolute atomic E-state index is 11.9. The molecule has 1 fully saturated rings. The molecule has 5 nitrogen and oxygen atoms in total. The lowest BCUT2D eigenvalue weighted by Crippen LogP contribution is -2.26. The number of hydrogen-bond acceptors (Lipinski definition) is 4. The van der Waals surface area contributed by atoms with E-state index in [4.69, 9.17) is 16.2 Å². The van der Waals surface area contributed by atoms with Crippen LogP contribution in [0.2, 0.25) is 0 Å². The molecule has 1 aliphatic carbocycles. The van der Waals surface area contributed by atoms with Gasteiger partial charge in [-0.2, -0.15) is 0 Å². The summed E-state index contributed by atoms with van der Waals surface area (Å²) in [5.74, 6) is 0.615. The van der Waals surface area contributed by atoms with Crippen LogP contribution in [0.5, 0.6) is 0 Å². The highest BCUT2D eigenvalue weighted by Gasteiger charge is 2.20. The average molecular weight is 263 g/mol. The molecule has 0 heterocycles. The Kier molecular flexibility index (Phi) is 4.63. The number of rotatable bonds is 7. The summed E-state index contributed by atoms with van der Waals surface area (Å²) in [6, 6.07) is 4.90. The zero-order chi connectivity index (χ0) is 13.7. The van der Waals surface area contributed by atoms with Crippen molar-refractivity contribution in [3.8, 4) is 0 Å². The van der Waals surface area contributed by atoms with E-state index in [1.807, 2.05) is 0 Å². The Morgan fingerprint density at radius 1 is 1.37 bits per heavy atom. The van der Waals surface area contributed by atoms with Crippen LogP contribution >= 0.6 is 0 Å². The van der Waals surface area contributed by atoms with E-state index >= 15 is 0 Å². The molecule has 5 N–H and O–H groups in total. The highest BCUT2D eigenvalue weighted by atomic mass is 16.5. The lowest BCUT2D eigenvalue weighted by Gasteiger charge is -2.08. The molecule has 1 aromatic carbocycles. The number of carbonyl (C=O) groups is 1. The van der Waals surface area contributed by atoms with Crippen LogP contribution < -0.4 is 16.8 Å². The number of nitrogen functional groups attached to an aromatic ring is 2. The average Bonchev–Trinajstić information content (AvgIpc) is 3.17. The van der Waals surface area contributed by atoms with Crippen LogP contribution in [0.1, 0.15) is 29.6 Å². The van der Waals surface area contributed by atoms with Crippen molar-refractivity contribution in [3.63, 3.8) is 0 Å². The molecule has 0 bridgehead atoms. The molecule has 2 rings (SSSR count). The second kappa shape index (κ2) is 6.43. The van der Waals surface area contributed by atoms with Crippen molar-refractivity contribution in [2.24, 2.45) is 5.92 Å². The Morgan fingerprint density at radius 2 is 2.16 bits per heavy atom. The fraction of sp³-hybridized carbons (Fsp3) is 0.500. The molecule has 0 atom stereocenters. The van der Waals surface area contributed by atoms with E-state index in [-0.39, 0.29) is 5.91 Å². The molecule has 0 saturated heterocycles. The van der Waals surface area contributed by atoms with Crippen molar-refractivity contribution < 1.29 is 9.53 Å². The molecule has 0 unspecified atom stereocenters.